The third-order valence-corrected chi connectivity index (χ3v) is 13.7. The van der Waals surface area contributed by atoms with E-state index in [0.717, 1.165) is 0 Å². The van der Waals surface area contributed by atoms with E-state index in [1.54, 1.807) is 0 Å². The van der Waals surface area contributed by atoms with Crippen LogP contribution in [0.3, 0.4) is 0 Å². The van der Waals surface area contributed by atoms with Crippen molar-refractivity contribution in [1.29, 1.82) is 0 Å². The van der Waals surface area contributed by atoms with Crippen LogP contribution in [0.1, 0.15) is 0 Å². The second-order valence-corrected chi connectivity index (χ2v) is 22.2. The highest BCUT2D eigenvalue weighted by molar-refractivity contribution is 9.42. The molecule has 11 heteroatoms. The van der Waals surface area contributed by atoms with Crippen LogP contribution in [0.25, 0.3) is 0 Å². The Balaban J connectivity index is 4.89. The van der Waals surface area contributed by atoms with Crippen LogP contribution in [0.15, 0.2) is 0 Å². The molecule has 0 saturated carbocycles. The van der Waals surface area contributed by atoms with Crippen molar-refractivity contribution in [3.05, 3.63) is 0 Å². The molecule has 0 spiro atoms. The summed E-state index contributed by atoms with van der Waals surface area (Å²) in [6.45, 7) is 0. The fourth-order valence-corrected chi connectivity index (χ4v) is 2.60. The number of alkyl halides is 10. The quantitative estimate of drug-likeness (QED) is 0.261. The molecule has 0 N–H and O–H groups in total. The molecule has 0 unspecified atom stereocenters. The average Bonchev–Trinajstić information content (AvgIpc) is 1.77. The maximum Gasteiger partial charge on any atom is 0.215 e. The summed E-state index contributed by atoms with van der Waals surface area (Å²) >= 11 is 33.5. The molecular formula is C4Br10O. The Bertz CT molecular complexity index is 199. The first kappa shape index (κ1) is 19.8. The van der Waals surface area contributed by atoms with E-state index >= 15 is 0 Å². The molecule has 0 aromatic rings. The standard InChI is InChI=1S/C4Br10O/c5-1(6,7)3(11,12)15-4(13,14)2(8,9)10. The molecule has 0 atom stereocenters. The summed E-state index contributed by atoms with van der Waals surface area (Å²) in [4.78, 5) is 0. The summed E-state index contributed by atoms with van der Waals surface area (Å²) in [5.74, 6) is 0. The molecule has 0 amide bonds. The molecular weight excluding hydrogens is 863 g/mol. The van der Waals surface area contributed by atoms with Gasteiger partial charge in [0.2, 0.25) is 6.84 Å². The van der Waals surface area contributed by atoms with Crippen LogP contribution in [0.4, 0.5) is 0 Å². The Morgan fingerprint density at radius 1 is 0.467 bits per heavy atom. The van der Waals surface area contributed by atoms with Crippen molar-refractivity contribution in [2.45, 2.75) is 11.1 Å². The van der Waals surface area contributed by atoms with Gasteiger partial charge < -0.3 is 4.74 Å². The molecule has 1 nitrogen and oxygen atoms in total. The number of hydrogen-bond acceptors (Lipinski definition) is 1. The van der Waals surface area contributed by atoms with Crippen molar-refractivity contribution in [3.8, 4) is 0 Å². The number of rotatable bonds is 2. The van der Waals surface area contributed by atoms with Crippen LogP contribution in [0.2, 0.25) is 0 Å². The zero-order chi connectivity index (χ0) is 12.7. The second kappa shape index (κ2) is 6.68. The van der Waals surface area contributed by atoms with E-state index in [0.29, 0.717) is 0 Å². The molecule has 0 aromatic carbocycles. The van der Waals surface area contributed by atoms with Gasteiger partial charge in [-0.05, 0) is 63.7 Å². The van der Waals surface area contributed by atoms with Gasteiger partial charge in [0.05, 0.1) is 0 Å². The van der Waals surface area contributed by atoms with Crippen molar-refractivity contribution in [3.63, 3.8) is 0 Å². The minimum Gasteiger partial charge on any atom is -0.319 e. The van der Waals surface area contributed by atoms with Crippen molar-refractivity contribution < 1.29 is 4.74 Å². The highest BCUT2D eigenvalue weighted by Gasteiger charge is 2.54. The molecule has 0 aliphatic carbocycles. The largest absolute Gasteiger partial charge is 0.319 e. The van der Waals surface area contributed by atoms with E-state index in [4.69, 9.17) is 4.74 Å². The Kier molecular flexibility index (Phi) is 8.80. The highest BCUT2D eigenvalue weighted by atomic mass is 80.0. The van der Waals surface area contributed by atoms with Crippen molar-refractivity contribution in [1.82, 2.24) is 0 Å². The molecule has 0 radical (unpaired) electrons. The van der Waals surface area contributed by atoms with Crippen molar-refractivity contribution >= 4 is 159 Å². The average molecular weight is 863 g/mol. The first-order valence-electron chi connectivity index (χ1n) is 2.80. The fraction of sp³-hybridized carbons (Fsp3) is 1.00. The Hall–Kier alpha value is 4.76. The molecule has 0 aliphatic rings. The van der Waals surface area contributed by atoms with Gasteiger partial charge in [0.15, 0.2) is 4.29 Å². The van der Waals surface area contributed by atoms with Gasteiger partial charge in [-0.25, -0.2) is 0 Å². The maximum absolute atomic E-state index is 5.74. The Morgan fingerprint density at radius 3 is 0.800 bits per heavy atom. The first-order chi connectivity index (χ1) is 6.21. The zero-order valence-electron chi connectivity index (χ0n) is 6.19. The maximum atomic E-state index is 5.74. The Morgan fingerprint density at radius 2 is 0.667 bits per heavy atom. The third kappa shape index (κ3) is 6.37. The van der Waals surface area contributed by atoms with Crippen LogP contribution in [-0.4, -0.2) is 11.1 Å². The number of halogens is 10. The van der Waals surface area contributed by atoms with E-state index in [2.05, 4.69) is 159 Å². The van der Waals surface area contributed by atoms with E-state index in [9.17, 15) is 0 Å². The summed E-state index contributed by atoms with van der Waals surface area (Å²) < 4.78 is 2.47. The summed E-state index contributed by atoms with van der Waals surface area (Å²) in [6, 6.07) is 0. The monoisotopic (exact) mass is 853 g/mol. The van der Waals surface area contributed by atoms with Crippen LogP contribution < -0.4 is 0 Å². The lowest BCUT2D eigenvalue weighted by Crippen LogP contribution is -2.43. The minimum atomic E-state index is -0.930. The topological polar surface area (TPSA) is 9.23 Å². The lowest BCUT2D eigenvalue weighted by Gasteiger charge is -2.38. The molecule has 15 heavy (non-hydrogen) atoms. The number of hydrogen-bond donors (Lipinski definition) is 0. The lowest BCUT2D eigenvalue weighted by molar-refractivity contribution is 0.0816. The van der Waals surface area contributed by atoms with Gasteiger partial charge in [-0.15, -0.1) is 0 Å². The summed E-state index contributed by atoms with van der Waals surface area (Å²) in [5.41, 5.74) is 0. The van der Waals surface area contributed by atoms with Gasteiger partial charge in [0, 0.05) is 0 Å². The van der Waals surface area contributed by atoms with Gasteiger partial charge in [-0.2, -0.15) is 0 Å². The summed E-state index contributed by atoms with van der Waals surface area (Å²) in [6.07, 6.45) is 0. The van der Waals surface area contributed by atoms with E-state index < -0.39 is 11.1 Å². The third-order valence-electron chi connectivity index (χ3n) is 0.916. The zero-order valence-corrected chi connectivity index (χ0v) is 22.0. The normalized spacial score (nSPS) is 15.6. The smallest absolute Gasteiger partial charge is 0.215 e. The van der Waals surface area contributed by atoms with Gasteiger partial charge in [-0.3, -0.25) is 0 Å². The van der Waals surface area contributed by atoms with Gasteiger partial charge in [-0.1, -0.05) is 95.6 Å². The minimum absolute atomic E-state index is 0.703. The SMILES string of the molecule is BrC(Br)(Br)C(Br)(Br)OC(Br)(Br)C(Br)(Br)Br. The predicted octanol–water partition coefficient (Wildman–Crippen LogP) is 7.57. The van der Waals surface area contributed by atoms with E-state index in [-0.39, 0.29) is 0 Å². The van der Waals surface area contributed by atoms with Crippen LogP contribution in [0, 0.1) is 0 Å². The summed E-state index contributed by atoms with van der Waals surface area (Å²) in [5, 5.41) is 0. The van der Waals surface area contributed by atoms with Crippen molar-refractivity contribution in [2.24, 2.45) is 0 Å². The van der Waals surface area contributed by atoms with E-state index in [1.807, 2.05) is 0 Å². The molecule has 0 rings (SSSR count). The molecule has 0 aliphatic heterocycles. The van der Waals surface area contributed by atoms with Crippen molar-refractivity contribution in [2.75, 3.05) is 0 Å². The molecule has 0 aromatic heterocycles. The number of ether oxygens (including phenoxy) is 1. The van der Waals surface area contributed by atoms with Gasteiger partial charge in [0.1, 0.15) is 0 Å². The van der Waals surface area contributed by atoms with Gasteiger partial charge in [0.25, 0.3) is 0 Å². The lowest BCUT2D eigenvalue weighted by atomic mass is 10.8. The molecule has 0 bridgehead atoms. The fourth-order valence-electron chi connectivity index (χ4n) is 0.277. The Labute approximate surface area is 172 Å². The first-order valence-corrected chi connectivity index (χ1v) is 10.7. The predicted molar refractivity (Wildman–Crippen MR) is 101 cm³/mol. The molecule has 0 saturated heterocycles. The molecule has 0 fully saturated rings. The highest BCUT2D eigenvalue weighted by Crippen LogP contribution is 2.61. The second-order valence-electron chi connectivity index (χ2n) is 2.13. The van der Waals surface area contributed by atoms with E-state index in [1.165, 1.54) is 0 Å². The molecule has 92 valence electrons. The van der Waals surface area contributed by atoms with Crippen LogP contribution >= 0.6 is 159 Å². The summed E-state index contributed by atoms with van der Waals surface area (Å²) in [7, 11) is 0. The molecule has 0 heterocycles. The van der Waals surface area contributed by atoms with Crippen LogP contribution in [0.5, 0.6) is 0 Å². The van der Waals surface area contributed by atoms with Crippen LogP contribution in [-0.2, 0) is 4.74 Å². The van der Waals surface area contributed by atoms with Gasteiger partial charge >= 0.3 is 0 Å².